The maximum atomic E-state index is 13.3. The van der Waals surface area contributed by atoms with Gasteiger partial charge in [0.1, 0.15) is 0 Å². The Bertz CT molecular complexity index is 1890. The molecule has 0 saturated heterocycles. The van der Waals surface area contributed by atoms with Crippen LogP contribution in [0.4, 0.5) is 0 Å². The van der Waals surface area contributed by atoms with Crippen LogP contribution in [0.1, 0.15) is 15.9 Å². The quantitative estimate of drug-likeness (QED) is 0.244. The Hall–Kier alpha value is -4.89. The fourth-order valence-electron chi connectivity index (χ4n) is 5.29. The Morgan fingerprint density at radius 3 is 2.06 bits per heavy atom. The minimum atomic E-state index is 0.0241. The molecule has 3 nitrogen and oxygen atoms in total. The largest absolute Gasteiger partial charge is 0.315 e. The maximum Gasteiger partial charge on any atom is 0.193 e. The minimum absolute atomic E-state index is 0.0241. The molecule has 5 aromatic carbocycles. The zero-order valence-corrected chi connectivity index (χ0v) is 19.5. The van der Waals surface area contributed by atoms with Gasteiger partial charge in [0.15, 0.2) is 5.78 Å². The Morgan fingerprint density at radius 2 is 1.22 bits per heavy atom. The topological polar surface area (TPSA) is 26.9 Å². The number of benzene rings is 5. The molecule has 0 amide bonds. The highest BCUT2D eigenvalue weighted by atomic mass is 16.1. The number of hydrogen-bond donors (Lipinski definition) is 0. The number of ketones is 1. The molecular formula is C33H22N2O. The molecule has 170 valence electrons. The zero-order valence-electron chi connectivity index (χ0n) is 19.5. The van der Waals surface area contributed by atoms with Gasteiger partial charge in [-0.15, -0.1) is 0 Å². The molecule has 0 fully saturated rings. The number of carbonyl (C=O) groups excluding carboxylic acids is 1. The lowest BCUT2D eigenvalue weighted by Crippen LogP contribution is -2.03. The van der Waals surface area contributed by atoms with Gasteiger partial charge in [-0.25, -0.2) is 0 Å². The highest BCUT2D eigenvalue weighted by molar-refractivity contribution is 6.18. The van der Waals surface area contributed by atoms with Crippen molar-refractivity contribution in [3.8, 4) is 11.4 Å². The van der Waals surface area contributed by atoms with Crippen molar-refractivity contribution in [1.82, 2.24) is 9.13 Å². The number of hydrogen-bond acceptors (Lipinski definition) is 1. The monoisotopic (exact) mass is 462 g/mol. The minimum Gasteiger partial charge on any atom is -0.315 e. The van der Waals surface area contributed by atoms with Crippen LogP contribution in [0.25, 0.3) is 44.1 Å². The number of carbonyl (C=O) groups is 1. The van der Waals surface area contributed by atoms with E-state index in [0.717, 1.165) is 27.9 Å². The summed E-state index contributed by atoms with van der Waals surface area (Å²) < 4.78 is 4.56. The lowest BCUT2D eigenvalue weighted by molar-refractivity contribution is 0.103. The number of para-hydroxylation sites is 2. The second-order valence-corrected chi connectivity index (χ2v) is 9.02. The van der Waals surface area contributed by atoms with E-state index in [1.165, 1.54) is 16.2 Å². The van der Waals surface area contributed by atoms with Crippen molar-refractivity contribution < 1.29 is 4.79 Å². The molecule has 0 bridgehead atoms. The van der Waals surface area contributed by atoms with Crippen LogP contribution in [-0.2, 0) is 0 Å². The van der Waals surface area contributed by atoms with Crippen LogP contribution in [0.3, 0.4) is 0 Å². The molecule has 7 aromatic rings. The molecule has 0 spiro atoms. The van der Waals surface area contributed by atoms with Gasteiger partial charge in [0.05, 0.1) is 16.6 Å². The van der Waals surface area contributed by atoms with Crippen LogP contribution in [0.5, 0.6) is 0 Å². The Morgan fingerprint density at radius 1 is 0.528 bits per heavy atom. The smallest absolute Gasteiger partial charge is 0.193 e. The van der Waals surface area contributed by atoms with Gasteiger partial charge in [-0.2, -0.15) is 0 Å². The Balaban J connectivity index is 1.55. The van der Waals surface area contributed by atoms with Crippen LogP contribution in [0, 0.1) is 0 Å². The Kier molecular flexibility index (Phi) is 4.61. The zero-order chi connectivity index (χ0) is 24.1. The molecule has 0 unspecified atom stereocenters. The van der Waals surface area contributed by atoms with Crippen molar-refractivity contribution in [1.29, 1.82) is 0 Å². The van der Waals surface area contributed by atoms with Gasteiger partial charge in [0.25, 0.3) is 0 Å². The van der Waals surface area contributed by atoms with Gasteiger partial charge in [-0.05, 0) is 36.4 Å². The molecular weight excluding hydrogens is 440 g/mol. The Labute approximate surface area is 208 Å². The van der Waals surface area contributed by atoms with E-state index in [2.05, 4.69) is 88.1 Å². The van der Waals surface area contributed by atoms with Crippen molar-refractivity contribution in [2.24, 2.45) is 0 Å². The second-order valence-electron chi connectivity index (χ2n) is 9.02. The van der Waals surface area contributed by atoms with E-state index < -0.39 is 0 Å². The van der Waals surface area contributed by atoms with E-state index >= 15 is 0 Å². The fourth-order valence-corrected chi connectivity index (χ4v) is 5.29. The van der Waals surface area contributed by atoms with Crippen molar-refractivity contribution >= 4 is 38.5 Å². The van der Waals surface area contributed by atoms with Gasteiger partial charge < -0.3 is 9.13 Å². The van der Waals surface area contributed by atoms with Crippen molar-refractivity contribution in [2.45, 2.75) is 0 Å². The molecule has 0 aliphatic carbocycles. The average Bonchev–Trinajstić information content (AvgIpc) is 3.53. The summed E-state index contributed by atoms with van der Waals surface area (Å²) in [6.07, 6.45) is 2.14. The summed E-state index contributed by atoms with van der Waals surface area (Å²) >= 11 is 0. The van der Waals surface area contributed by atoms with E-state index in [-0.39, 0.29) is 5.78 Å². The lowest BCUT2D eigenvalue weighted by atomic mass is 10.0. The van der Waals surface area contributed by atoms with Gasteiger partial charge in [0.2, 0.25) is 0 Å². The number of rotatable bonds is 4. The first-order valence-corrected chi connectivity index (χ1v) is 12.1. The van der Waals surface area contributed by atoms with Gasteiger partial charge in [0, 0.05) is 44.9 Å². The molecule has 2 heterocycles. The molecule has 0 aliphatic heterocycles. The molecule has 0 radical (unpaired) electrons. The van der Waals surface area contributed by atoms with Crippen molar-refractivity contribution in [2.75, 3.05) is 0 Å². The van der Waals surface area contributed by atoms with Crippen LogP contribution in [0.2, 0.25) is 0 Å². The molecule has 3 heteroatoms. The van der Waals surface area contributed by atoms with Crippen LogP contribution < -0.4 is 0 Å². The standard InChI is InChI=1S/C33H22N2O/c36-33(24-10-3-1-4-11-24)25-12-9-15-27(22-25)35-30-17-8-7-16-28(30)29-19-18-23-20-21-34(31(23)32(29)35)26-13-5-2-6-14-26/h1-22H. The number of nitrogens with zero attached hydrogens (tertiary/aromatic N) is 2. The third-order valence-corrected chi connectivity index (χ3v) is 6.92. The third kappa shape index (κ3) is 3.10. The molecule has 2 aromatic heterocycles. The highest BCUT2D eigenvalue weighted by Crippen LogP contribution is 2.38. The second kappa shape index (κ2) is 8.10. The normalized spacial score (nSPS) is 11.4. The summed E-state index contributed by atoms with van der Waals surface area (Å²) in [5.74, 6) is 0.0241. The van der Waals surface area contributed by atoms with E-state index in [1.54, 1.807) is 0 Å². The number of aromatic nitrogens is 2. The van der Waals surface area contributed by atoms with Crippen molar-refractivity contribution in [3.63, 3.8) is 0 Å². The molecule has 0 aliphatic rings. The molecule has 0 saturated carbocycles. The molecule has 0 atom stereocenters. The SMILES string of the molecule is O=C(c1ccccc1)c1cccc(-n2c3ccccc3c3ccc4ccn(-c5ccccc5)c4c32)c1. The number of fused-ring (bicyclic) bond motifs is 5. The van der Waals surface area contributed by atoms with Gasteiger partial charge in [-0.1, -0.05) is 91.0 Å². The van der Waals surface area contributed by atoms with E-state index in [9.17, 15) is 4.79 Å². The van der Waals surface area contributed by atoms with Gasteiger partial charge >= 0.3 is 0 Å². The summed E-state index contributed by atoms with van der Waals surface area (Å²) in [7, 11) is 0. The van der Waals surface area contributed by atoms with E-state index in [1.807, 2.05) is 54.6 Å². The predicted octanol–water partition coefficient (Wildman–Crippen LogP) is 7.96. The van der Waals surface area contributed by atoms with E-state index in [4.69, 9.17) is 0 Å². The first-order chi connectivity index (χ1) is 17.8. The highest BCUT2D eigenvalue weighted by Gasteiger charge is 2.18. The predicted molar refractivity (Wildman–Crippen MR) is 147 cm³/mol. The summed E-state index contributed by atoms with van der Waals surface area (Å²) in [6.45, 7) is 0. The summed E-state index contributed by atoms with van der Waals surface area (Å²) in [4.78, 5) is 13.3. The fraction of sp³-hybridized carbons (Fsp3) is 0. The van der Waals surface area contributed by atoms with E-state index in [0.29, 0.717) is 11.1 Å². The molecule has 0 N–H and O–H groups in total. The van der Waals surface area contributed by atoms with Crippen LogP contribution >= 0.6 is 0 Å². The first kappa shape index (κ1) is 20.5. The molecule has 7 rings (SSSR count). The van der Waals surface area contributed by atoms with Crippen molar-refractivity contribution in [3.05, 3.63) is 145 Å². The average molecular weight is 463 g/mol. The molecule has 36 heavy (non-hydrogen) atoms. The summed E-state index contributed by atoms with van der Waals surface area (Å²) in [6, 6.07) is 42.9. The van der Waals surface area contributed by atoms with Crippen LogP contribution in [0.15, 0.2) is 134 Å². The maximum absolute atomic E-state index is 13.3. The third-order valence-electron chi connectivity index (χ3n) is 6.92. The lowest BCUT2D eigenvalue weighted by Gasteiger charge is -2.13. The first-order valence-electron chi connectivity index (χ1n) is 12.1. The van der Waals surface area contributed by atoms with Gasteiger partial charge in [-0.3, -0.25) is 4.79 Å². The summed E-state index contributed by atoms with van der Waals surface area (Å²) in [5, 5.41) is 3.55. The summed E-state index contributed by atoms with van der Waals surface area (Å²) in [5.41, 5.74) is 6.85. The van der Waals surface area contributed by atoms with Crippen LogP contribution in [-0.4, -0.2) is 14.9 Å².